The van der Waals surface area contributed by atoms with E-state index in [9.17, 15) is 29.4 Å². The Morgan fingerprint density at radius 2 is 1.78 bits per heavy atom. The highest BCUT2D eigenvalue weighted by molar-refractivity contribution is 5.92. The number of aliphatic carboxylic acids is 1. The zero-order valence-electron chi connectivity index (χ0n) is 17.4. The molecule has 12 heteroatoms. The molecule has 1 heterocycles. The summed E-state index contributed by atoms with van der Waals surface area (Å²) in [6.07, 6.45) is 3.04. The molecular weight excluding hydrogens is 420 g/mol. The number of nitrogens with zero attached hydrogens (tertiary/aromatic N) is 1. The minimum Gasteiger partial charge on any atom is -0.508 e. The lowest BCUT2D eigenvalue weighted by Gasteiger charge is -2.18. The number of aromatic amines is 1. The van der Waals surface area contributed by atoms with Gasteiger partial charge in [0.15, 0.2) is 0 Å². The molecule has 3 unspecified atom stereocenters. The molecule has 0 fully saturated rings. The molecule has 0 saturated heterocycles. The van der Waals surface area contributed by atoms with Gasteiger partial charge in [0.25, 0.3) is 0 Å². The fraction of sp³-hybridized carbons (Fsp3) is 0.350. The number of nitrogens with one attached hydrogen (secondary N) is 4. The van der Waals surface area contributed by atoms with Gasteiger partial charge in [0.2, 0.25) is 17.7 Å². The van der Waals surface area contributed by atoms with Gasteiger partial charge in [0, 0.05) is 18.3 Å². The van der Waals surface area contributed by atoms with Crippen molar-refractivity contribution in [3.05, 3.63) is 48.0 Å². The third kappa shape index (κ3) is 7.72. The van der Waals surface area contributed by atoms with Crippen LogP contribution in [0.1, 0.15) is 18.2 Å². The lowest BCUT2D eigenvalue weighted by Crippen LogP contribution is -2.52. The van der Waals surface area contributed by atoms with Crippen molar-refractivity contribution >= 4 is 23.7 Å². The maximum absolute atomic E-state index is 12.2. The molecule has 1 aromatic carbocycles. The van der Waals surface area contributed by atoms with Gasteiger partial charge < -0.3 is 36.9 Å². The molecule has 0 aliphatic heterocycles. The number of hydrogen-bond donors (Lipinski definition) is 7. The zero-order valence-corrected chi connectivity index (χ0v) is 17.4. The summed E-state index contributed by atoms with van der Waals surface area (Å²) >= 11 is 0. The van der Waals surface area contributed by atoms with Gasteiger partial charge in [0.1, 0.15) is 17.8 Å². The van der Waals surface area contributed by atoms with Crippen molar-refractivity contribution in [2.24, 2.45) is 5.73 Å². The van der Waals surface area contributed by atoms with Crippen LogP contribution in [-0.4, -0.2) is 68.5 Å². The van der Waals surface area contributed by atoms with Crippen LogP contribution in [0.3, 0.4) is 0 Å². The summed E-state index contributed by atoms with van der Waals surface area (Å²) in [5.41, 5.74) is 7.13. The Balaban J connectivity index is 1.77. The van der Waals surface area contributed by atoms with E-state index >= 15 is 0 Å². The predicted molar refractivity (Wildman–Crippen MR) is 112 cm³/mol. The number of benzene rings is 1. The highest BCUT2D eigenvalue weighted by Crippen LogP contribution is 2.11. The number of carbonyl (C=O) groups is 4. The van der Waals surface area contributed by atoms with E-state index in [4.69, 9.17) is 5.73 Å². The largest absolute Gasteiger partial charge is 0.508 e. The van der Waals surface area contributed by atoms with Crippen molar-refractivity contribution in [2.75, 3.05) is 6.54 Å². The molecule has 2 aromatic rings. The first kappa shape index (κ1) is 24.3. The van der Waals surface area contributed by atoms with Crippen molar-refractivity contribution < 1.29 is 29.4 Å². The molecule has 12 nitrogen and oxygen atoms in total. The topological polar surface area (TPSA) is 200 Å². The van der Waals surface area contributed by atoms with E-state index < -0.39 is 48.4 Å². The van der Waals surface area contributed by atoms with Crippen LogP contribution in [0.2, 0.25) is 0 Å². The van der Waals surface area contributed by atoms with Crippen molar-refractivity contribution in [3.63, 3.8) is 0 Å². The second kappa shape index (κ2) is 11.5. The molecule has 0 saturated carbocycles. The highest BCUT2D eigenvalue weighted by Gasteiger charge is 2.23. The number of rotatable bonds is 11. The molecule has 0 aliphatic rings. The summed E-state index contributed by atoms with van der Waals surface area (Å²) in [5.74, 6) is -3.03. The Kier molecular flexibility index (Phi) is 8.72. The number of carboxylic acid groups (broad SMARTS) is 1. The second-order valence-electron chi connectivity index (χ2n) is 7.16. The fourth-order valence-corrected chi connectivity index (χ4v) is 2.75. The Hall–Kier alpha value is -3.93. The van der Waals surface area contributed by atoms with Crippen LogP contribution in [0.15, 0.2) is 36.8 Å². The van der Waals surface area contributed by atoms with E-state index in [1.807, 2.05) is 0 Å². The summed E-state index contributed by atoms with van der Waals surface area (Å²) in [5, 5.41) is 25.6. The highest BCUT2D eigenvalue weighted by atomic mass is 16.4. The fourth-order valence-electron chi connectivity index (χ4n) is 2.75. The molecule has 0 spiro atoms. The average molecular weight is 446 g/mol. The number of nitrogens with two attached hydrogens (primary N) is 1. The molecule has 1 aromatic heterocycles. The van der Waals surface area contributed by atoms with E-state index in [0.717, 1.165) is 5.56 Å². The monoisotopic (exact) mass is 446 g/mol. The van der Waals surface area contributed by atoms with Gasteiger partial charge in [-0.05, 0) is 31.0 Å². The molecule has 0 bridgehead atoms. The number of carbonyl (C=O) groups excluding carboxylic acids is 3. The smallest absolute Gasteiger partial charge is 0.326 e. The average Bonchev–Trinajstić information content (AvgIpc) is 3.26. The quantitative estimate of drug-likeness (QED) is 0.214. The molecule has 2 rings (SSSR count). The normalized spacial score (nSPS) is 13.4. The summed E-state index contributed by atoms with van der Waals surface area (Å²) < 4.78 is 0. The van der Waals surface area contributed by atoms with Crippen LogP contribution < -0.4 is 21.7 Å². The standard InChI is InChI=1S/C20H26N6O6/c1-11(25-19(30)15(21)6-12-2-4-14(27)5-3-12)18(29)23-9-17(28)26-16(20(31)32)7-13-8-22-10-24-13/h2-5,8,10-11,15-16,27H,6-7,9,21H2,1H3,(H,22,24)(H,23,29)(H,25,30)(H,26,28)(H,31,32). The number of phenols is 1. The Morgan fingerprint density at radius 1 is 1.09 bits per heavy atom. The Labute approximate surface area is 183 Å². The molecule has 32 heavy (non-hydrogen) atoms. The third-order valence-electron chi connectivity index (χ3n) is 4.52. The number of hydrogen-bond acceptors (Lipinski definition) is 7. The summed E-state index contributed by atoms with van der Waals surface area (Å²) in [6.45, 7) is 0.960. The Morgan fingerprint density at radius 3 is 2.38 bits per heavy atom. The second-order valence-corrected chi connectivity index (χ2v) is 7.16. The van der Waals surface area contributed by atoms with Crippen molar-refractivity contribution in [1.29, 1.82) is 0 Å². The molecule has 3 atom stereocenters. The number of aromatic hydroxyl groups is 1. The van der Waals surface area contributed by atoms with Crippen molar-refractivity contribution in [3.8, 4) is 5.75 Å². The maximum atomic E-state index is 12.2. The lowest BCUT2D eigenvalue weighted by atomic mass is 10.1. The summed E-state index contributed by atoms with van der Waals surface area (Å²) in [4.78, 5) is 54.3. The van der Waals surface area contributed by atoms with Gasteiger partial charge in [-0.3, -0.25) is 14.4 Å². The van der Waals surface area contributed by atoms with Gasteiger partial charge in [-0.25, -0.2) is 9.78 Å². The SMILES string of the molecule is CC(NC(=O)C(N)Cc1ccc(O)cc1)C(=O)NCC(=O)NC(Cc1cnc[nH]1)C(=O)O. The molecule has 172 valence electrons. The summed E-state index contributed by atoms with van der Waals surface area (Å²) in [7, 11) is 0. The van der Waals surface area contributed by atoms with Gasteiger partial charge >= 0.3 is 5.97 Å². The first-order chi connectivity index (χ1) is 15.2. The van der Waals surface area contributed by atoms with E-state index in [1.54, 1.807) is 12.1 Å². The lowest BCUT2D eigenvalue weighted by molar-refractivity contribution is -0.141. The van der Waals surface area contributed by atoms with Gasteiger partial charge in [-0.15, -0.1) is 0 Å². The van der Waals surface area contributed by atoms with Gasteiger partial charge in [0.05, 0.1) is 18.9 Å². The van der Waals surface area contributed by atoms with Crippen LogP contribution in [0.25, 0.3) is 0 Å². The first-order valence-corrected chi connectivity index (χ1v) is 9.76. The van der Waals surface area contributed by atoms with Crippen LogP contribution in [0, 0.1) is 0 Å². The zero-order chi connectivity index (χ0) is 23.7. The minimum atomic E-state index is -1.23. The van der Waals surface area contributed by atoms with Crippen LogP contribution >= 0.6 is 0 Å². The third-order valence-corrected chi connectivity index (χ3v) is 4.52. The molecule has 3 amide bonds. The molecular formula is C20H26N6O6. The number of aromatic nitrogens is 2. The van der Waals surface area contributed by atoms with Crippen LogP contribution in [0.4, 0.5) is 0 Å². The number of imidazole rings is 1. The van der Waals surface area contributed by atoms with Crippen molar-refractivity contribution in [1.82, 2.24) is 25.9 Å². The van der Waals surface area contributed by atoms with E-state index in [2.05, 4.69) is 25.9 Å². The number of amides is 3. The van der Waals surface area contributed by atoms with Crippen LogP contribution in [-0.2, 0) is 32.0 Å². The molecule has 0 radical (unpaired) electrons. The predicted octanol–water partition coefficient (Wildman–Crippen LogP) is -1.58. The van der Waals surface area contributed by atoms with E-state index in [1.165, 1.54) is 31.6 Å². The maximum Gasteiger partial charge on any atom is 0.326 e. The Bertz CT molecular complexity index is 931. The van der Waals surface area contributed by atoms with Gasteiger partial charge in [-0.1, -0.05) is 12.1 Å². The van der Waals surface area contributed by atoms with E-state index in [-0.39, 0.29) is 18.6 Å². The number of H-pyrrole nitrogens is 1. The van der Waals surface area contributed by atoms with Gasteiger partial charge in [-0.2, -0.15) is 0 Å². The molecule has 0 aliphatic carbocycles. The first-order valence-electron chi connectivity index (χ1n) is 9.76. The minimum absolute atomic E-state index is 0.000396. The van der Waals surface area contributed by atoms with Crippen molar-refractivity contribution in [2.45, 2.75) is 37.9 Å². The summed E-state index contributed by atoms with van der Waals surface area (Å²) in [6, 6.07) is 3.13. The number of phenolic OH excluding ortho intramolecular Hbond substituents is 1. The van der Waals surface area contributed by atoms with Crippen LogP contribution in [0.5, 0.6) is 5.75 Å². The van der Waals surface area contributed by atoms with E-state index in [0.29, 0.717) is 5.69 Å². The molecule has 8 N–H and O–H groups in total. The number of carboxylic acids is 1.